The van der Waals surface area contributed by atoms with E-state index in [1.54, 1.807) is 0 Å². The summed E-state index contributed by atoms with van der Waals surface area (Å²) in [5.41, 5.74) is 1.66. The Morgan fingerprint density at radius 3 is 2.60 bits per heavy atom. The van der Waals surface area contributed by atoms with Gasteiger partial charge in [0.2, 0.25) is 5.95 Å². The summed E-state index contributed by atoms with van der Waals surface area (Å²) in [6.45, 7) is 6.75. The Labute approximate surface area is 91.7 Å². The first-order chi connectivity index (χ1) is 7.05. The lowest BCUT2D eigenvalue weighted by Gasteiger charge is -2.34. The average Bonchev–Trinajstić information content (AvgIpc) is 2.55. The first-order valence-corrected chi connectivity index (χ1v) is 5.83. The molecule has 0 atom stereocenters. The molecule has 2 rings (SSSR count). The molecule has 15 heavy (non-hydrogen) atoms. The van der Waals surface area contributed by atoms with Crippen molar-refractivity contribution in [3.63, 3.8) is 0 Å². The van der Waals surface area contributed by atoms with Gasteiger partial charge in [0.1, 0.15) is 0 Å². The van der Waals surface area contributed by atoms with Crippen molar-refractivity contribution in [2.24, 2.45) is 5.41 Å². The van der Waals surface area contributed by atoms with Crippen LogP contribution in [0.3, 0.4) is 0 Å². The van der Waals surface area contributed by atoms with Crippen LogP contribution in [0.15, 0.2) is 6.20 Å². The summed E-state index contributed by atoms with van der Waals surface area (Å²) in [6, 6.07) is 0.601. The van der Waals surface area contributed by atoms with Crippen LogP contribution >= 0.6 is 0 Å². The summed E-state index contributed by atoms with van der Waals surface area (Å²) in [7, 11) is 0. The third-order valence-electron chi connectivity index (χ3n) is 3.38. The van der Waals surface area contributed by atoms with Gasteiger partial charge in [-0.15, -0.1) is 0 Å². The number of rotatable bonds is 2. The number of H-pyrrole nitrogens is 1. The topological polar surface area (TPSA) is 40.7 Å². The van der Waals surface area contributed by atoms with E-state index in [9.17, 15) is 0 Å². The molecular formula is C12H21N3. The Morgan fingerprint density at radius 2 is 2.07 bits per heavy atom. The van der Waals surface area contributed by atoms with Gasteiger partial charge in [0.05, 0.1) is 0 Å². The van der Waals surface area contributed by atoms with Gasteiger partial charge >= 0.3 is 0 Å². The number of anilines is 1. The lowest BCUT2D eigenvalue weighted by Crippen LogP contribution is -2.30. The number of nitrogens with zero attached hydrogens (tertiary/aromatic N) is 1. The Morgan fingerprint density at radius 1 is 1.40 bits per heavy atom. The average molecular weight is 207 g/mol. The summed E-state index contributed by atoms with van der Waals surface area (Å²) in [6.07, 6.45) is 7.00. The molecule has 0 bridgehead atoms. The van der Waals surface area contributed by atoms with Crippen LogP contribution in [0.4, 0.5) is 5.95 Å². The number of aromatic amines is 1. The summed E-state index contributed by atoms with van der Waals surface area (Å²) >= 11 is 0. The molecule has 0 spiro atoms. The standard InChI is InChI=1S/C12H21N3/c1-9-8-13-11(14-9)15-10-4-6-12(2,3)7-5-10/h8,10H,4-7H2,1-3H3,(H2,13,14,15). The molecule has 1 aromatic rings. The van der Waals surface area contributed by atoms with Gasteiger partial charge in [0, 0.05) is 17.9 Å². The molecule has 1 aliphatic rings. The van der Waals surface area contributed by atoms with Gasteiger partial charge in [-0.1, -0.05) is 13.8 Å². The molecule has 84 valence electrons. The molecule has 0 amide bonds. The van der Waals surface area contributed by atoms with Crippen LogP contribution in [0.2, 0.25) is 0 Å². The lowest BCUT2D eigenvalue weighted by atomic mass is 9.76. The van der Waals surface area contributed by atoms with E-state index in [2.05, 4.69) is 29.1 Å². The third-order valence-corrected chi connectivity index (χ3v) is 3.38. The lowest BCUT2D eigenvalue weighted by molar-refractivity contribution is 0.232. The molecule has 0 saturated heterocycles. The minimum Gasteiger partial charge on any atom is -0.353 e. The molecule has 2 N–H and O–H groups in total. The maximum Gasteiger partial charge on any atom is 0.200 e. The summed E-state index contributed by atoms with van der Waals surface area (Å²) < 4.78 is 0. The number of nitrogens with one attached hydrogen (secondary N) is 2. The van der Waals surface area contributed by atoms with Crippen LogP contribution < -0.4 is 5.32 Å². The highest BCUT2D eigenvalue weighted by Gasteiger charge is 2.26. The van der Waals surface area contributed by atoms with Crippen LogP contribution in [0.25, 0.3) is 0 Å². The predicted molar refractivity (Wildman–Crippen MR) is 63.0 cm³/mol. The summed E-state index contributed by atoms with van der Waals surface area (Å²) in [5.74, 6) is 0.928. The van der Waals surface area contributed by atoms with E-state index in [1.165, 1.54) is 25.7 Å². The minimum atomic E-state index is 0.539. The fraction of sp³-hybridized carbons (Fsp3) is 0.750. The van der Waals surface area contributed by atoms with E-state index in [1.807, 2.05) is 13.1 Å². The van der Waals surface area contributed by atoms with E-state index in [-0.39, 0.29) is 0 Å². The van der Waals surface area contributed by atoms with Gasteiger partial charge in [-0.05, 0) is 38.0 Å². The fourth-order valence-corrected chi connectivity index (χ4v) is 2.22. The van der Waals surface area contributed by atoms with Crippen molar-refractivity contribution in [3.8, 4) is 0 Å². The van der Waals surface area contributed by atoms with Crippen molar-refractivity contribution in [2.75, 3.05) is 5.32 Å². The fourth-order valence-electron chi connectivity index (χ4n) is 2.22. The van der Waals surface area contributed by atoms with Crippen LogP contribution in [-0.2, 0) is 0 Å². The maximum atomic E-state index is 4.28. The number of aryl methyl sites for hydroxylation is 1. The normalized spacial score (nSPS) is 21.5. The molecule has 3 heteroatoms. The summed E-state index contributed by atoms with van der Waals surface area (Å²) in [4.78, 5) is 7.50. The van der Waals surface area contributed by atoms with Crippen molar-refractivity contribution >= 4 is 5.95 Å². The molecule has 1 aromatic heterocycles. The van der Waals surface area contributed by atoms with E-state index in [0.717, 1.165) is 11.6 Å². The van der Waals surface area contributed by atoms with Crippen LogP contribution in [-0.4, -0.2) is 16.0 Å². The van der Waals surface area contributed by atoms with Gasteiger partial charge < -0.3 is 10.3 Å². The maximum absolute atomic E-state index is 4.28. The highest BCUT2D eigenvalue weighted by Crippen LogP contribution is 2.35. The van der Waals surface area contributed by atoms with E-state index >= 15 is 0 Å². The highest BCUT2D eigenvalue weighted by atomic mass is 15.1. The monoisotopic (exact) mass is 207 g/mol. The van der Waals surface area contributed by atoms with Gasteiger partial charge in [-0.3, -0.25) is 0 Å². The van der Waals surface area contributed by atoms with Crippen molar-refractivity contribution in [3.05, 3.63) is 11.9 Å². The Hall–Kier alpha value is -0.990. The first-order valence-electron chi connectivity index (χ1n) is 5.83. The molecule has 1 heterocycles. The Kier molecular flexibility index (Phi) is 2.72. The van der Waals surface area contributed by atoms with Gasteiger partial charge in [0.25, 0.3) is 0 Å². The van der Waals surface area contributed by atoms with Crippen molar-refractivity contribution in [1.82, 2.24) is 9.97 Å². The zero-order chi connectivity index (χ0) is 10.9. The van der Waals surface area contributed by atoms with Crippen LogP contribution in [0.5, 0.6) is 0 Å². The molecule has 0 aromatic carbocycles. The van der Waals surface area contributed by atoms with Crippen molar-refractivity contribution < 1.29 is 0 Å². The molecule has 1 aliphatic carbocycles. The third kappa shape index (κ3) is 2.74. The van der Waals surface area contributed by atoms with E-state index < -0.39 is 0 Å². The predicted octanol–water partition coefficient (Wildman–Crippen LogP) is 3.10. The molecule has 0 unspecified atom stereocenters. The number of hydrogen-bond acceptors (Lipinski definition) is 2. The summed E-state index contributed by atoms with van der Waals surface area (Å²) in [5, 5.41) is 3.47. The molecule has 0 aliphatic heterocycles. The van der Waals surface area contributed by atoms with Crippen molar-refractivity contribution in [1.29, 1.82) is 0 Å². The number of aromatic nitrogens is 2. The van der Waals surface area contributed by atoms with Crippen molar-refractivity contribution in [2.45, 2.75) is 52.5 Å². The van der Waals surface area contributed by atoms with E-state index in [0.29, 0.717) is 11.5 Å². The quantitative estimate of drug-likeness (QED) is 0.782. The second-order valence-corrected chi connectivity index (χ2v) is 5.50. The van der Waals surface area contributed by atoms with Gasteiger partial charge in [0.15, 0.2) is 0 Å². The SMILES string of the molecule is Cc1cnc(NC2CCC(C)(C)CC2)[nH]1. The van der Waals surface area contributed by atoms with Gasteiger partial charge in [-0.25, -0.2) is 4.98 Å². The molecule has 0 radical (unpaired) electrons. The zero-order valence-electron chi connectivity index (χ0n) is 9.93. The van der Waals surface area contributed by atoms with Crippen LogP contribution in [0.1, 0.15) is 45.2 Å². The molecule has 1 fully saturated rings. The molecular weight excluding hydrogens is 186 g/mol. The van der Waals surface area contributed by atoms with Crippen LogP contribution in [0, 0.1) is 12.3 Å². The largest absolute Gasteiger partial charge is 0.353 e. The zero-order valence-corrected chi connectivity index (χ0v) is 9.93. The van der Waals surface area contributed by atoms with Gasteiger partial charge in [-0.2, -0.15) is 0 Å². The molecule has 3 nitrogen and oxygen atoms in total. The smallest absolute Gasteiger partial charge is 0.200 e. The van der Waals surface area contributed by atoms with E-state index in [4.69, 9.17) is 0 Å². The highest BCUT2D eigenvalue weighted by molar-refractivity contribution is 5.27. The second-order valence-electron chi connectivity index (χ2n) is 5.50. The first kappa shape index (κ1) is 10.5. The number of imidazole rings is 1. The minimum absolute atomic E-state index is 0.539. The Bertz CT molecular complexity index is 317. The second kappa shape index (κ2) is 3.87. The molecule has 1 saturated carbocycles. The Balaban J connectivity index is 1.87. The number of hydrogen-bond donors (Lipinski definition) is 2.